The Morgan fingerprint density at radius 2 is 2.05 bits per heavy atom. The molecule has 0 unspecified atom stereocenters. The van der Waals surface area contributed by atoms with Crippen molar-refractivity contribution in [2.45, 2.75) is 6.42 Å². The van der Waals surface area contributed by atoms with Crippen molar-refractivity contribution in [3.8, 4) is 0 Å². The van der Waals surface area contributed by atoms with E-state index in [2.05, 4.69) is 15.2 Å². The zero-order chi connectivity index (χ0) is 14.5. The smallest absolute Gasteiger partial charge is 0.273 e. The van der Waals surface area contributed by atoms with Crippen molar-refractivity contribution in [3.05, 3.63) is 16.1 Å². The van der Waals surface area contributed by atoms with Crippen LogP contribution in [0.5, 0.6) is 0 Å². The molecule has 2 aliphatic rings. The molecule has 2 fully saturated rings. The molecule has 3 rings (SSSR count). The van der Waals surface area contributed by atoms with Crippen molar-refractivity contribution in [1.82, 2.24) is 20.1 Å². The van der Waals surface area contributed by atoms with Gasteiger partial charge in [0.1, 0.15) is 5.69 Å². The lowest BCUT2D eigenvalue weighted by atomic mass is 10.3. The molecule has 21 heavy (non-hydrogen) atoms. The van der Waals surface area contributed by atoms with Crippen LogP contribution in [0.2, 0.25) is 0 Å². The van der Waals surface area contributed by atoms with E-state index in [1.54, 1.807) is 11.3 Å². The van der Waals surface area contributed by atoms with Crippen molar-refractivity contribution in [2.75, 3.05) is 59.0 Å². The highest BCUT2D eigenvalue weighted by Crippen LogP contribution is 2.14. The Bertz CT molecular complexity index is 467. The van der Waals surface area contributed by atoms with Crippen LogP contribution in [0, 0.1) is 0 Å². The van der Waals surface area contributed by atoms with Gasteiger partial charge < -0.3 is 15.0 Å². The fourth-order valence-corrected chi connectivity index (χ4v) is 3.39. The predicted octanol–water partition coefficient (Wildman–Crippen LogP) is 0.0632. The first-order valence-corrected chi connectivity index (χ1v) is 8.45. The van der Waals surface area contributed by atoms with Gasteiger partial charge in [-0.25, -0.2) is 4.98 Å². The van der Waals surface area contributed by atoms with E-state index in [1.807, 2.05) is 10.3 Å². The van der Waals surface area contributed by atoms with Crippen LogP contribution >= 0.6 is 11.3 Å². The number of thiazole rings is 1. The van der Waals surface area contributed by atoms with Gasteiger partial charge >= 0.3 is 0 Å². The normalized spacial score (nSPS) is 20.7. The second-order valence-corrected chi connectivity index (χ2v) is 6.32. The first-order chi connectivity index (χ1) is 10.3. The fraction of sp³-hybridized carbons (Fsp3) is 0.714. The summed E-state index contributed by atoms with van der Waals surface area (Å²) < 4.78 is 5.34. The minimum absolute atomic E-state index is 0.0744. The standard InChI is InChI=1S/C14H22N4O2S/c19-14(18-5-2-15-3-6-18)12-11-21-13(16-12)1-4-17-7-9-20-10-8-17/h11,15H,1-10H2. The first-order valence-electron chi connectivity index (χ1n) is 7.57. The molecule has 7 heteroatoms. The molecule has 0 atom stereocenters. The number of aromatic nitrogens is 1. The summed E-state index contributed by atoms with van der Waals surface area (Å²) in [7, 11) is 0. The van der Waals surface area contributed by atoms with Crippen LogP contribution < -0.4 is 5.32 Å². The van der Waals surface area contributed by atoms with E-state index in [4.69, 9.17) is 4.74 Å². The number of piperazine rings is 1. The zero-order valence-corrected chi connectivity index (χ0v) is 13.0. The number of ether oxygens (including phenoxy) is 1. The Morgan fingerprint density at radius 3 is 2.81 bits per heavy atom. The lowest BCUT2D eigenvalue weighted by molar-refractivity contribution is 0.0384. The molecule has 0 bridgehead atoms. The van der Waals surface area contributed by atoms with Crippen LogP contribution in [-0.4, -0.2) is 79.7 Å². The highest BCUT2D eigenvalue weighted by Gasteiger charge is 2.20. The SMILES string of the molecule is O=C(c1csc(CCN2CCOCC2)n1)N1CCNCC1. The van der Waals surface area contributed by atoms with E-state index in [9.17, 15) is 4.79 Å². The van der Waals surface area contributed by atoms with Gasteiger partial charge in [0.25, 0.3) is 5.91 Å². The molecule has 0 aromatic carbocycles. The molecule has 116 valence electrons. The van der Waals surface area contributed by atoms with Crippen molar-refractivity contribution in [2.24, 2.45) is 0 Å². The first kappa shape index (κ1) is 14.9. The third-order valence-corrected chi connectivity index (χ3v) is 4.83. The third kappa shape index (κ3) is 4.00. The van der Waals surface area contributed by atoms with Gasteiger partial charge in [0, 0.05) is 57.6 Å². The molecule has 0 radical (unpaired) electrons. The molecule has 0 saturated carbocycles. The summed E-state index contributed by atoms with van der Waals surface area (Å²) in [4.78, 5) is 21.1. The van der Waals surface area contributed by atoms with Gasteiger partial charge in [-0.3, -0.25) is 9.69 Å². The molecular formula is C14H22N4O2S. The lowest BCUT2D eigenvalue weighted by Gasteiger charge is -2.26. The minimum atomic E-state index is 0.0744. The minimum Gasteiger partial charge on any atom is -0.379 e. The molecule has 0 spiro atoms. The molecular weight excluding hydrogens is 288 g/mol. The molecule has 2 aliphatic heterocycles. The molecule has 6 nitrogen and oxygen atoms in total. The number of rotatable bonds is 4. The third-order valence-electron chi connectivity index (χ3n) is 3.92. The maximum atomic E-state index is 12.3. The maximum Gasteiger partial charge on any atom is 0.273 e. The zero-order valence-electron chi connectivity index (χ0n) is 12.2. The average molecular weight is 310 g/mol. The van der Waals surface area contributed by atoms with Crippen LogP contribution in [0.1, 0.15) is 15.5 Å². The number of hydrogen-bond acceptors (Lipinski definition) is 6. The average Bonchev–Trinajstić information content (AvgIpc) is 3.03. The van der Waals surface area contributed by atoms with Gasteiger partial charge in [0.05, 0.1) is 18.2 Å². The highest BCUT2D eigenvalue weighted by molar-refractivity contribution is 7.09. The second-order valence-electron chi connectivity index (χ2n) is 5.37. The Labute approximate surface area is 129 Å². The van der Waals surface area contributed by atoms with Crippen LogP contribution in [-0.2, 0) is 11.2 Å². The van der Waals surface area contributed by atoms with Crippen LogP contribution in [0.25, 0.3) is 0 Å². The van der Waals surface area contributed by atoms with Crippen LogP contribution in [0.15, 0.2) is 5.38 Å². The van der Waals surface area contributed by atoms with Gasteiger partial charge in [-0.15, -0.1) is 11.3 Å². The van der Waals surface area contributed by atoms with Crippen LogP contribution in [0.3, 0.4) is 0 Å². The van der Waals surface area contributed by atoms with E-state index in [0.717, 1.165) is 70.5 Å². The Morgan fingerprint density at radius 1 is 1.29 bits per heavy atom. The summed E-state index contributed by atoms with van der Waals surface area (Å²) in [5.74, 6) is 0.0744. The number of carbonyl (C=O) groups excluding carboxylic acids is 1. The molecule has 2 saturated heterocycles. The Kier molecular flexibility index (Phi) is 5.18. The number of morpholine rings is 1. The van der Waals surface area contributed by atoms with Gasteiger partial charge in [-0.2, -0.15) is 0 Å². The quantitative estimate of drug-likeness (QED) is 0.852. The molecule has 1 aromatic heterocycles. The maximum absolute atomic E-state index is 12.3. The Hall–Kier alpha value is -1.02. The topological polar surface area (TPSA) is 57.7 Å². The predicted molar refractivity (Wildman–Crippen MR) is 81.9 cm³/mol. The summed E-state index contributed by atoms with van der Waals surface area (Å²) in [6, 6.07) is 0. The monoisotopic (exact) mass is 310 g/mol. The van der Waals surface area contributed by atoms with Gasteiger partial charge in [0.2, 0.25) is 0 Å². The summed E-state index contributed by atoms with van der Waals surface area (Å²) in [5.41, 5.74) is 0.610. The van der Waals surface area contributed by atoms with E-state index < -0.39 is 0 Å². The van der Waals surface area contributed by atoms with Crippen molar-refractivity contribution < 1.29 is 9.53 Å². The number of carbonyl (C=O) groups is 1. The van der Waals surface area contributed by atoms with Crippen LogP contribution in [0.4, 0.5) is 0 Å². The second kappa shape index (κ2) is 7.31. The van der Waals surface area contributed by atoms with E-state index in [-0.39, 0.29) is 5.91 Å². The molecule has 1 aromatic rings. The van der Waals surface area contributed by atoms with E-state index in [1.165, 1.54) is 0 Å². The van der Waals surface area contributed by atoms with Gasteiger partial charge in [0.15, 0.2) is 0 Å². The Balaban J connectivity index is 1.51. The molecule has 0 aliphatic carbocycles. The highest BCUT2D eigenvalue weighted by atomic mass is 32.1. The lowest BCUT2D eigenvalue weighted by Crippen LogP contribution is -2.46. The van der Waals surface area contributed by atoms with Gasteiger partial charge in [-0.1, -0.05) is 0 Å². The van der Waals surface area contributed by atoms with Crippen molar-refractivity contribution in [3.63, 3.8) is 0 Å². The number of nitrogens with one attached hydrogen (secondary N) is 1. The summed E-state index contributed by atoms with van der Waals surface area (Å²) in [5, 5.41) is 6.21. The summed E-state index contributed by atoms with van der Waals surface area (Å²) in [6.07, 6.45) is 0.916. The van der Waals surface area contributed by atoms with E-state index >= 15 is 0 Å². The molecule has 1 N–H and O–H groups in total. The van der Waals surface area contributed by atoms with Gasteiger partial charge in [-0.05, 0) is 0 Å². The van der Waals surface area contributed by atoms with E-state index in [0.29, 0.717) is 5.69 Å². The van der Waals surface area contributed by atoms with Crippen molar-refractivity contribution in [1.29, 1.82) is 0 Å². The summed E-state index contributed by atoms with van der Waals surface area (Å²) in [6.45, 7) is 7.95. The number of hydrogen-bond donors (Lipinski definition) is 1. The fourth-order valence-electron chi connectivity index (χ4n) is 2.63. The molecule has 3 heterocycles. The number of nitrogens with zero attached hydrogens (tertiary/aromatic N) is 3. The molecule has 1 amide bonds. The van der Waals surface area contributed by atoms with Crippen molar-refractivity contribution >= 4 is 17.2 Å². The number of amides is 1. The summed E-state index contributed by atoms with van der Waals surface area (Å²) >= 11 is 1.60. The largest absolute Gasteiger partial charge is 0.379 e.